The molecule has 1 aromatic rings. The van der Waals surface area contributed by atoms with Crippen molar-refractivity contribution in [2.24, 2.45) is 0 Å². The van der Waals surface area contributed by atoms with Gasteiger partial charge in [-0.2, -0.15) is 0 Å². The predicted octanol–water partition coefficient (Wildman–Crippen LogP) is -0.814. The largest absolute Gasteiger partial charge is 0.388 e. The van der Waals surface area contributed by atoms with Gasteiger partial charge in [0, 0.05) is 11.5 Å². The molecular formula is C9H13N3O4S. The van der Waals surface area contributed by atoms with Crippen LogP contribution in [0.2, 0.25) is 0 Å². The quantitative estimate of drug-likeness (QED) is 0.639. The van der Waals surface area contributed by atoms with Crippen molar-refractivity contribution in [2.75, 3.05) is 11.9 Å². The Kier molecular flexibility index (Phi) is 2.56. The summed E-state index contributed by atoms with van der Waals surface area (Å²) in [5, 5.41) is 27.5. The Morgan fingerprint density at radius 1 is 1.59 bits per heavy atom. The Morgan fingerprint density at radius 2 is 2.41 bits per heavy atom. The molecule has 7 nitrogen and oxygen atoms in total. The summed E-state index contributed by atoms with van der Waals surface area (Å²) in [6, 6.07) is -0.525. The first-order valence-electron chi connectivity index (χ1n) is 5.30. The molecule has 0 aromatic carbocycles. The second-order valence-corrected chi connectivity index (χ2v) is 5.28. The van der Waals surface area contributed by atoms with Crippen LogP contribution in [0.15, 0.2) is 6.20 Å². The van der Waals surface area contributed by atoms with Crippen molar-refractivity contribution in [1.82, 2.24) is 9.59 Å². The zero-order valence-corrected chi connectivity index (χ0v) is 9.92. The lowest BCUT2D eigenvalue weighted by molar-refractivity contribution is -0.208. The van der Waals surface area contributed by atoms with Crippen molar-refractivity contribution in [3.05, 3.63) is 6.20 Å². The first-order valence-corrected chi connectivity index (χ1v) is 6.07. The lowest BCUT2D eigenvalue weighted by Crippen LogP contribution is -2.61. The maximum Gasteiger partial charge on any atom is 0.181 e. The van der Waals surface area contributed by atoms with E-state index >= 15 is 0 Å². The van der Waals surface area contributed by atoms with Gasteiger partial charge in [-0.15, -0.1) is 5.10 Å². The number of nitrogens with one attached hydrogen (secondary N) is 1. The third-order valence-corrected chi connectivity index (χ3v) is 3.80. The van der Waals surface area contributed by atoms with Gasteiger partial charge in [-0.3, -0.25) is 0 Å². The molecule has 3 heterocycles. The van der Waals surface area contributed by atoms with E-state index in [1.54, 1.807) is 13.1 Å². The number of rotatable bonds is 2. The molecule has 2 aliphatic heterocycles. The van der Waals surface area contributed by atoms with E-state index in [1.807, 2.05) is 0 Å². The topological polar surface area (TPSA) is 96.7 Å². The molecule has 3 N–H and O–H groups in total. The molecule has 2 fully saturated rings. The summed E-state index contributed by atoms with van der Waals surface area (Å²) in [5.41, 5.74) is -0.825. The van der Waals surface area contributed by atoms with Crippen LogP contribution in [0.5, 0.6) is 0 Å². The van der Waals surface area contributed by atoms with Crippen LogP contribution < -0.4 is 5.32 Å². The van der Waals surface area contributed by atoms with Crippen molar-refractivity contribution in [3.63, 3.8) is 0 Å². The van der Waals surface area contributed by atoms with Gasteiger partial charge in [0.05, 0.1) is 12.8 Å². The van der Waals surface area contributed by atoms with Gasteiger partial charge in [0.15, 0.2) is 6.29 Å². The molecule has 0 unspecified atom stereocenters. The van der Waals surface area contributed by atoms with Gasteiger partial charge < -0.3 is 25.0 Å². The standard InChI is InChI=1S/C9H13N3O4S/c1-9-3-15-8(16-9)5(6(13)7(9)14)11-4-2-10-12-17-4/h2,5-8,11,13-14H,3H2,1H3/t5-,6+,7+,8-,9-/m0/s1. The lowest BCUT2D eigenvalue weighted by atomic mass is 9.89. The molecule has 2 bridgehead atoms. The van der Waals surface area contributed by atoms with Crippen molar-refractivity contribution >= 4 is 16.5 Å². The second kappa shape index (κ2) is 3.85. The van der Waals surface area contributed by atoms with E-state index in [-0.39, 0.29) is 6.61 Å². The Balaban J connectivity index is 1.81. The molecule has 0 saturated carbocycles. The highest BCUT2D eigenvalue weighted by molar-refractivity contribution is 7.09. The van der Waals surface area contributed by atoms with Crippen LogP contribution >= 0.6 is 11.5 Å². The van der Waals surface area contributed by atoms with E-state index in [4.69, 9.17) is 9.47 Å². The predicted molar refractivity (Wildman–Crippen MR) is 58.6 cm³/mol. The van der Waals surface area contributed by atoms with Crippen LogP contribution in [0, 0.1) is 0 Å². The van der Waals surface area contributed by atoms with Crippen LogP contribution in [-0.2, 0) is 9.47 Å². The molecule has 2 aliphatic rings. The summed E-state index contributed by atoms with van der Waals surface area (Å²) in [6.45, 7) is 2.00. The van der Waals surface area contributed by atoms with Gasteiger partial charge in [0.25, 0.3) is 0 Å². The molecule has 0 spiro atoms. The highest BCUT2D eigenvalue weighted by Gasteiger charge is 2.56. The fourth-order valence-electron chi connectivity index (χ4n) is 2.18. The average molecular weight is 259 g/mol. The van der Waals surface area contributed by atoms with Crippen LogP contribution in [-0.4, -0.2) is 56.5 Å². The molecule has 0 amide bonds. The number of aliphatic hydroxyl groups is 2. The lowest BCUT2D eigenvalue weighted by Gasteiger charge is -2.41. The van der Waals surface area contributed by atoms with Crippen LogP contribution in [0.25, 0.3) is 0 Å². The normalized spacial score (nSPS) is 44.9. The van der Waals surface area contributed by atoms with Crippen LogP contribution in [0.3, 0.4) is 0 Å². The maximum absolute atomic E-state index is 10.1. The third-order valence-electron chi connectivity index (χ3n) is 3.20. The minimum atomic E-state index is -0.986. The van der Waals surface area contributed by atoms with Gasteiger partial charge in [-0.25, -0.2) is 0 Å². The highest BCUT2D eigenvalue weighted by Crippen LogP contribution is 2.37. The number of fused-ring (bicyclic) bond motifs is 2. The molecular weight excluding hydrogens is 246 g/mol. The number of hydrogen-bond acceptors (Lipinski definition) is 8. The van der Waals surface area contributed by atoms with Gasteiger partial charge in [0.1, 0.15) is 28.9 Å². The molecule has 0 radical (unpaired) electrons. The fourth-order valence-corrected chi connectivity index (χ4v) is 2.65. The molecule has 5 atom stereocenters. The van der Waals surface area contributed by atoms with Gasteiger partial charge in [0.2, 0.25) is 0 Å². The van der Waals surface area contributed by atoms with E-state index in [0.717, 1.165) is 0 Å². The first-order chi connectivity index (χ1) is 8.10. The van der Waals surface area contributed by atoms with Gasteiger partial charge >= 0.3 is 0 Å². The number of aliphatic hydroxyl groups excluding tert-OH is 2. The number of aromatic nitrogens is 2. The van der Waals surface area contributed by atoms with Crippen molar-refractivity contribution < 1.29 is 19.7 Å². The second-order valence-electron chi connectivity index (χ2n) is 4.50. The van der Waals surface area contributed by atoms with Crippen molar-refractivity contribution in [3.8, 4) is 0 Å². The minimum Gasteiger partial charge on any atom is -0.388 e. The van der Waals surface area contributed by atoms with Crippen molar-refractivity contribution in [1.29, 1.82) is 0 Å². The van der Waals surface area contributed by atoms with E-state index in [1.165, 1.54) is 11.5 Å². The molecule has 0 aliphatic carbocycles. The zero-order valence-electron chi connectivity index (χ0n) is 9.11. The highest BCUT2D eigenvalue weighted by atomic mass is 32.1. The summed E-state index contributed by atoms with van der Waals surface area (Å²) < 4.78 is 14.7. The fraction of sp³-hybridized carbons (Fsp3) is 0.778. The van der Waals surface area contributed by atoms with E-state index < -0.39 is 30.1 Å². The first kappa shape index (κ1) is 11.3. The van der Waals surface area contributed by atoms with E-state index in [9.17, 15) is 10.2 Å². The van der Waals surface area contributed by atoms with Gasteiger partial charge in [-0.05, 0) is 6.92 Å². The van der Waals surface area contributed by atoms with E-state index in [2.05, 4.69) is 14.9 Å². The molecule has 2 saturated heterocycles. The monoisotopic (exact) mass is 259 g/mol. The van der Waals surface area contributed by atoms with E-state index in [0.29, 0.717) is 5.00 Å². The average Bonchev–Trinajstić information content (AvgIpc) is 2.91. The number of anilines is 1. The maximum atomic E-state index is 10.1. The zero-order chi connectivity index (χ0) is 12.0. The van der Waals surface area contributed by atoms with Crippen LogP contribution in [0.4, 0.5) is 5.00 Å². The summed E-state index contributed by atoms with van der Waals surface area (Å²) >= 11 is 1.17. The van der Waals surface area contributed by atoms with Gasteiger partial charge in [-0.1, -0.05) is 4.49 Å². The summed E-state index contributed by atoms with van der Waals surface area (Å²) in [4.78, 5) is 0. The molecule has 3 rings (SSSR count). The third kappa shape index (κ3) is 1.72. The smallest absolute Gasteiger partial charge is 0.181 e. The molecule has 1 aromatic heterocycles. The Morgan fingerprint density at radius 3 is 3.12 bits per heavy atom. The Labute approximate surface area is 102 Å². The van der Waals surface area contributed by atoms with Crippen molar-refractivity contribution in [2.45, 2.75) is 37.1 Å². The summed E-state index contributed by atoms with van der Waals surface area (Å²) in [5.74, 6) is 0. The Bertz CT molecular complexity index is 403. The minimum absolute atomic E-state index is 0.273. The molecule has 17 heavy (non-hydrogen) atoms. The van der Waals surface area contributed by atoms with Crippen LogP contribution in [0.1, 0.15) is 6.92 Å². The number of nitrogens with zero attached hydrogens (tertiary/aromatic N) is 2. The SMILES string of the molecule is C[C@@]12CO[C@@H](O1)[C@@H](Nc1cnns1)[C@@H](O)[C@H]2O. The number of hydrogen-bond donors (Lipinski definition) is 3. The molecule has 94 valence electrons. The summed E-state index contributed by atoms with van der Waals surface area (Å²) in [6.07, 6.45) is -0.963. The molecule has 8 heteroatoms. The Hall–Kier alpha value is -0.800. The number of ether oxygens (including phenoxy) is 2. The summed E-state index contributed by atoms with van der Waals surface area (Å²) in [7, 11) is 0.